The van der Waals surface area contributed by atoms with Crippen molar-refractivity contribution < 1.29 is 9.47 Å². The highest BCUT2D eigenvalue weighted by atomic mass is 127. The molecule has 0 N–H and O–H groups in total. The van der Waals surface area contributed by atoms with Crippen LogP contribution >= 0.6 is 22.6 Å². The molecule has 0 unspecified atom stereocenters. The standard InChI is InChI=1S/C15H21NO.C12H15N.C3H7IO/c1-11-6-7-14-13(10-11)15(3,4)12(2)16(14)8-9-17-5;1-8-5-6-11-10(7-8)12(3,4)9(2)13-11;1-5-3-2-4/h6-7,10H,2,8-9H2,1,3-5H3;5-7H,1-4H3;2-3H2,1H3. The minimum atomic E-state index is 0.0229. The summed E-state index contributed by atoms with van der Waals surface area (Å²) in [5.74, 6) is 0. The van der Waals surface area contributed by atoms with Crippen LogP contribution in [0, 0.1) is 13.8 Å². The van der Waals surface area contributed by atoms with Crippen LogP contribution in [0.4, 0.5) is 11.4 Å². The molecule has 0 aliphatic carbocycles. The van der Waals surface area contributed by atoms with E-state index in [1.54, 1.807) is 14.2 Å². The fourth-order valence-electron chi connectivity index (χ4n) is 4.30. The van der Waals surface area contributed by atoms with Gasteiger partial charge in [0.2, 0.25) is 0 Å². The van der Waals surface area contributed by atoms with Crippen molar-refractivity contribution >= 4 is 39.7 Å². The zero-order chi connectivity index (χ0) is 26.4. The molecule has 0 bridgehead atoms. The summed E-state index contributed by atoms with van der Waals surface area (Å²) < 4.78 is 11.0. The topological polar surface area (TPSA) is 34.1 Å². The lowest BCUT2D eigenvalue weighted by atomic mass is 9.82. The van der Waals surface area contributed by atoms with Crippen LogP contribution in [-0.2, 0) is 20.3 Å². The van der Waals surface area contributed by atoms with Gasteiger partial charge in [-0.1, -0.05) is 92.3 Å². The van der Waals surface area contributed by atoms with Crippen LogP contribution in [0.25, 0.3) is 0 Å². The van der Waals surface area contributed by atoms with Gasteiger partial charge in [-0.3, -0.25) is 4.99 Å². The molecule has 0 amide bonds. The van der Waals surface area contributed by atoms with Gasteiger partial charge in [0.15, 0.2) is 0 Å². The molecule has 2 aliphatic rings. The van der Waals surface area contributed by atoms with E-state index in [-0.39, 0.29) is 10.8 Å². The average Bonchev–Trinajstić information content (AvgIpc) is 3.14. The molecule has 2 heterocycles. The highest BCUT2D eigenvalue weighted by Gasteiger charge is 2.38. The van der Waals surface area contributed by atoms with E-state index >= 15 is 0 Å². The van der Waals surface area contributed by atoms with Crippen molar-refractivity contribution in [3.8, 4) is 0 Å². The van der Waals surface area contributed by atoms with Gasteiger partial charge in [0.05, 0.1) is 18.9 Å². The number of allylic oxidation sites excluding steroid dienone is 1. The number of aliphatic imine (C=N–C) groups is 1. The summed E-state index contributed by atoms with van der Waals surface area (Å²) in [6, 6.07) is 13.1. The number of halogens is 1. The highest BCUT2D eigenvalue weighted by molar-refractivity contribution is 14.1. The van der Waals surface area contributed by atoms with E-state index in [4.69, 9.17) is 4.74 Å². The lowest BCUT2D eigenvalue weighted by Crippen LogP contribution is -2.28. The lowest BCUT2D eigenvalue weighted by Gasteiger charge is -2.25. The van der Waals surface area contributed by atoms with Crippen molar-refractivity contribution in [2.75, 3.05) is 43.3 Å². The van der Waals surface area contributed by atoms with Gasteiger partial charge in [0.25, 0.3) is 0 Å². The van der Waals surface area contributed by atoms with Crippen LogP contribution in [0.2, 0.25) is 0 Å². The molecular formula is C30H43IN2O2. The van der Waals surface area contributed by atoms with Crippen LogP contribution < -0.4 is 4.90 Å². The molecule has 0 saturated carbocycles. The largest absolute Gasteiger partial charge is 0.384 e. The van der Waals surface area contributed by atoms with Crippen LogP contribution in [0.15, 0.2) is 53.7 Å². The number of rotatable bonds is 5. The number of methoxy groups -OCH3 is 2. The Morgan fingerprint density at radius 3 is 1.97 bits per heavy atom. The molecule has 0 aromatic heterocycles. The SMILES string of the molecule is C=C1N(CCOC)c2ccc(C)cc2C1(C)C.CC1=Nc2ccc(C)cc2C1(C)C.COCCI. The molecule has 0 saturated heterocycles. The Labute approximate surface area is 227 Å². The molecule has 2 aromatic carbocycles. The van der Waals surface area contributed by atoms with E-state index in [0.717, 1.165) is 35.6 Å². The van der Waals surface area contributed by atoms with Gasteiger partial charge in [-0.2, -0.15) is 0 Å². The van der Waals surface area contributed by atoms with Crippen LogP contribution in [0.3, 0.4) is 0 Å². The normalized spacial score (nSPS) is 16.5. The summed E-state index contributed by atoms with van der Waals surface area (Å²) >= 11 is 2.26. The van der Waals surface area contributed by atoms with Gasteiger partial charge in [0, 0.05) is 53.1 Å². The molecule has 0 atom stereocenters. The van der Waals surface area contributed by atoms with E-state index in [0.29, 0.717) is 0 Å². The van der Waals surface area contributed by atoms with E-state index in [1.165, 1.54) is 33.7 Å². The van der Waals surface area contributed by atoms with Gasteiger partial charge < -0.3 is 14.4 Å². The van der Waals surface area contributed by atoms with Gasteiger partial charge in [-0.05, 0) is 44.0 Å². The Hall–Kier alpha value is -1.70. The number of anilines is 1. The average molecular weight is 591 g/mol. The van der Waals surface area contributed by atoms with Crippen LogP contribution in [0.5, 0.6) is 0 Å². The summed E-state index contributed by atoms with van der Waals surface area (Å²) in [6.45, 7) is 22.0. The number of benzene rings is 2. The summed E-state index contributed by atoms with van der Waals surface area (Å²) in [5.41, 5.74) is 10.3. The monoisotopic (exact) mass is 590 g/mol. The smallest absolute Gasteiger partial charge is 0.0670 e. The molecule has 0 radical (unpaired) electrons. The first-order chi connectivity index (χ1) is 16.4. The third-order valence-electron chi connectivity index (χ3n) is 6.98. The van der Waals surface area contributed by atoms with Crippen molar-refractivity contribution in [2.45, 2.75) is 59.3 Å². The second kappa shape index (κ2) is 12.5. The van der Waals surface area contributed by atoms with Crippen molar-refractivity contribution in [1.29, 1.82) is 0 Å². The second-order valence-electron chi connectivity index (χ2n) is 10.3. The second-order valence-corrected chi connectivity index (χ2v) is 11.3. The Kier molecular flexibility index (Phi) is 10.6. The van der Waals surface area contributed by atoms with E-state index in [9.17, 15) is 0 Å². The first-order valence-corrected chi connectivity index (χ1v) is 13.7. The molecule has 192 valence electrons. The first-order valence-electron chi connectivity index (χ1n) is 12.2. The van der Waals surface area contributed by atoms with Gasteiger partial charge >= 0.3 is 0 Å². The van der Waals surface area contributed by atoms with Crippen molar-refractivity contribution in [1.82, 2.24) is 0 Å². The van der Waals surface area contributed by atoms with Crippen molar-refractivity contribution in [2.24, 2.45) is 4.99 Å². The molecule has 0 fully saturated rings. The molecular weight excluding hydrogens is 547 g/mol. The highest BCUT2D eigenvalue weighted by Crippen LogP contribution is 2.47. The number of hydrogen-bond donors (Lipinski definition) is 0. The third-order valence-corrected chi connectivity index (χ3v) is 7.42. The van der Waals surface area contributed by atoms with Gasteiger partial charge in [-0.25, -0.2) is 0 Å². The summed E-state index contributed by atoms with van der Waals surface area (Å²) in [7, 11) is 3.44. The van der Waals surface area contributed by atoms with Crippen LogP contribution in [-0.4, -0.2) is 44.1 Å². The Bertz CT molecular complexity index is 1050. The summed E-state index contributed by atoms with van der Waals surface area (Å²) in [6.07, 6.45) is 0. The number of aryl methyl sites for hydroxylation is 2. The Morgan fingerprint density at radius 1 is 0.857 bits per heavy atom. The molecule has 35 heavy (non-hydrogen) atoms. The van der Waals surface area contributed by atoms with E-state index in [1.807, 2.05) is 0 Å². The molecule has 4 rings (SSSR count). The molecule has 0 spiro atoms. The number of alkyl halides is 1. The van der Waals surface area contributed by atoms with Crippen LogP contribution in [0.1, 0.15) is 56.9 Å². The predicted octanol–water partition coefficient (Wildman–Crippen LogP) is 7.70. The zero-order valence-electron chi connectivity index (χ0n) is 23.1. The molecule has 5 heteroatoms. The molecule has 2 aliphatic heterocycles. The third kappa shape index (κ3) is 6.75. The van der Waals surface area contributed by atoms with Gasteiger partial charge in [-0.15, -0.1) is 0 Å². The Morgan fingerprint density at radius 2 is 1.43 bits per heavy atom. The number of fused-ring (bicyclic) bond motifs is 2. The molecule has 4 nitrogen and oxygen atoms in total. The fraction of sp³-hybridized carbons (Fsp3) is 0.500. The number of hydrogen-bond acceptors (Lipinski definition) is 4. The van der Waals surface area contributed by atoms with Crippen molar-refractivity contribution in [3.63, 3.8) is 0 Å². The Balaban J connectivity index is 0.000000212. The summed E-state index contributed by atoms with van der Waals surface area (Å²) in [4.78, 5) is 6.84. The fourth-order valence-corrected chi connectivity index (χ4v) is 4.74. The maximum absolute atomic E-state index is 5.18. The lowest BCUT2D eigenvalue weighted by molar-refractivity contribution is 0.206. The summed E-state index contributed by atoms with van der Waals surface area (Å²) in [5, 5.41) is 0. The maximum atomic E-state index is 5.18. The number of nitrogens with zero attached hydrogens (tertiary/aromatic N) is 2. The first kappa shape index (κ1) is 29.5. The quantitative estimate of drug-likeness (QED) is 0.265. The molecule has 2 aromatic rings. The predicted molar refractivity (Wildman–Crippen MR) is 160 cm³/mol. The zero-order valence-corrected chi connectivity index (χ0v) is 25.2. The van der Waals surface area contributed by atoms with Crippen molar-refractivity contribution in [3.05, 3.63) is 70.9 Å². The van der Waals surface area contributed by atoms with E-state index < -0.39 is 0 Å². The minimum absolute atomic E-state index is 0.0229. The minimum Gasteiger partial charge on any atom is -0.384 e. The maximum Gasteiger partial charge on any atom is 0.0670 e. The number of ether oxygens (including phenoxy) is 2. The van der Waals surface area contributed by atoms with E-state index in [2.05, 4.69) is 129 Å². The van der Waals surface area contributed by atoms with Gasteiger partial charge in [0.1, 0.15) is 0 Å².